The molecule has 3 atom stereocenters. The number of aryl methyl sites for hydroxylation is 2. The highest BCUT2D eigenvalue weighted by molar-refractivity contribution is 6.74. The highest BCUT2D eigenvalue weighted by Gasteiger charge is 2.39. The summed E-state index contributed by atoms with van der Waals surface area (Å²) in [5.41, 5.74) is 5.85. The first-order valence-electron chi connectivity index (χ1n) is 18.0. The van der Waals surface area contributed by atoms with Gasteiger partial charge in [-0.15, -0.1) is 0 Å². The first-order chi connectivity index (χ1) is 23.2. The second-order valence-corrected chi connectivity index (χ2v) is 20.8. The third-order valence-electron chi connectivity index (χ3n) is 10.5. The lowest BCUT2D eigenvalue weighted by Crippen LogP contribution is -2.45. The molecule has 3 rings (SSSR count). The number of ketones is 1. The van der Waals surface area contributed by atoms with Gasteiger partial charge in [0.15, 0.2) is 14.1 Å². The minimum atomic E-state index is -2.00. The normalized spacial score (nSPS) is 16.2. The van der Waals surface area contributed by atoms with E-state index in [4.69, 9.17) is 9.16 Å². The Labute approximate surface area is 301 Å². The molecule has 0 aromatic heterocycles. The molecule has 0 spiro atoms. The lowest BCUT2D eigenvalue weighted by molar-refractivity contribution is -0.144. The van der Waals surface area contributed by atoms with Gasteiger partial charge in [-0.3, -0.25) is 19.2 Å². The van der Waals surface area contributed by atoms with E-state index in [1.165, 1.54) is 0 Å². The third kappa shape index (κ3) is 10.7. The summed E-state index contributed by atoms with van der Waals surface area (Å²) < 4.78 is 12.2. The largest absolute Gasteiger partial charge is 0.461 e. The van der Waals surface area contributed by atoms with Crippen LogP contribution in [0.3, 0.4) is 0 Å². The molecule has 0 unspecified atom stereocenters. The second-order valence-electron chi connectivity index (χ2n) is 16.0. The molecule has 2 aromatic carbocycles. The van der Waals surface area contributed by atoms with E-state index < -0.39 is 20.3 Å². The zero-order valence-electron chi connectivity index (χ0n) is 32.5. The summed E-state index contributed by atoms with van der Waals surface area (Å²) in [6.45, 7) is 25.3. The maximum Gasteiger partial charge on any atom is 0.310 e. The van der Waals surface area contributed by atoms with Crippen molar-refractivity contribution in [1.29, 1.82) is 0 Å². The van der Waals surface area contributed by atoms with Crippen molar-refractivity contribution in [3.8, 4) is 0 Å². The van der Waals surface area contributed by atoms with E-state index in [1.807, 2.05) is 84.1 Å². The van der Waals surface area contributed by atoms with Gasteiger partial charge in [-0.05, 0) is 98.5 Å². The topological polar surface area (TPSA) is 102 Å². The maximum atomic E-state index is 14.1. The van der Waals surface area contributed by atoms with Crippen LogP contribution in [0.4, 0.5) is 0 Å². The minimum absolute atomic E-state index is 0.0320. The average molecular weight is 705 g/mol. The van der Waals surface area contributed by atoms with Crippen LogP contribution >= 0.6 is 0 Å². The molecule has 0 saturated heterocycles. The second kappa shape index (κ2) is 17.1. The van der Waals surface area contributed by atoms with Crippen LogP contribution < -0.4 is 5.32 Å². The Bertz CT molecular complexity index is 1570. The van der Waals surface area contributed by atoms with E-state index in [0.717, 1.165) is 40.7 Å². The van der Waals surface area contributed by atoms with Gasteiger partial charge in [0.25, 0.3) is 5.91 Å². The predicted molar refractivity (Wildman–Crippen MR) is 202 cm³/mol. The molecule has 0 radical (unpaired) electrons. The monoisotopic (exact) mass is 704 g/mol. The number of hydrogen-bond acceptors (Lipinski definition) is 6. The van der Waals surface area contributed by atoms with E-state index in [9.17, 15) is 19.2 Å². The molecule has 9 heteroatoms. The van der Waals surface area contributed by atoms with Crippen LogP contribution in [0.15, 0.2) is 48.2 Å². The van der Waals surface area contributed by atoms with Gasteiger partial charge in [-0.25, -0.2) is 0 Å². The molecule has 0 fully saturated rings. The SMILES string of the molecule is CC[C@H](C(=O)N[C@@H](C)C(=O)Cc1ccc(COC(=O)Cc2cc(C)c(C)cc2C(=O)N2C=C(C)C[C@H]2CO[Si](C)(C)C(C)(C)C)cc1)C(C)C. The number of nitrogens with one attached hydrogen (secondary N) is 1. The fraction of sp³-hybridized carbons (Fsp3) is 0.561. The first kappa shape index (κ1) is 40.9. The molecular formula is C41H60N2O6Si. The fourth-order valence-corrected chi connectivity index (χ4v) is 6.99. The van der Waals surface area contributed by atoms with Crippen LogP contribution in [0.2, 0.25) is 18.1 Å². The van der Waals surface area contributed by atoms with Crippen LogP contribution in [-0.4, -0.2) is 55.5 Å². The van der Waals surface area contributed by atoms with Crippen LogP contribution in [-0.2, 0) is 43.0 Å². The summed E-state index contributed by atoms with van der Waals surface area (Å²) in [6.07, 6.45) is 3.56. The van der Waals surface area contributed by atoms with Gasteiger partial charge in [0.2, 0.25) is 5.91 Å². The molecule has 0 bridgehead atoms. The number of ether oxygens (including phenoxy) is 1. The summed E-state index contributed by atoms with van der Waals surface area (Å²) >= 11 is 0. The molecule has 2 amide bonds. The number of Topliss-reactive ketones (excluding diaryl/α,β-unsaturated/α-hetero) is 1. The molecule has 0 saturated carbocycles. The zero-order chi connectivity index (χ0) is 37.6. The molecule has 1 aliphatic rings. The molecule has 50 heavy (non-hydrogen) atoms. The molecule has 274 valence electrons. The molecule has 1 N–H and O–H groups in total. The van der Waals surface area contributed by atoms with Crippen LogP contribution in [0, 0.1) is 25.7 Å². The van der Waals surface area contributed by atoms with Gasteiger partial charge >= 0.3 is 5.97 Å². The number of carbonyl (C=O) groups excluding carboxylic acids is 4. The van der Waals surface area contributed by atoms with Gasteiger partial charge in [0.05, 0.1) is 25.1 Å². The van der Waals surface area contributed by atoms with Crippen molar-refractivity contribution in [2.45, 2.75) is 132 Å². The van der Waals surface area contributed by atoms with Gasteiger partial charge in [0, 0.05) is 24.1 Å². The number of nitrogens with zero attached hydrogens (tertiary/aromatic N) is 1. The first-order valence-corrected chi connectivity index (χ1v) is 20.9. The zero-order valence-corrected chi connectivity index (χ0v) is 33.5. The lowest BCUT2D eigenvalue weighted by atomic mass is 9.92. The van der Waals surface area contributed by atoms with E-state index >= 15 is 0 Å². The molecule has 8 nitrogen and oxygen atoms in total. The summed E-state index contributed by atoms with van der Waals surface area (Å²) in [5.74, 6) is -0.632. The number of amides is 2. The van der Waals surface area contributed by atoms with Crippen LogP contribution in [0.5, 0.6) is 0 Å². The standard InChI is InChI=1S/C41H60N2O6Si/c1-13-35(26(2)3)39(46)42-30(7)37(44)21-31-14-16-32(17-15-31)24-48-38(45)22-33-19-28(5)29(6)20-36(33)40(47)43-23-27(4)18-34(43)25-49-50(11,12)41(8,9)10/h14-17,19-20,23,26,30,34-35H,13,18,21-22,24-25H2,1-12H3,(H,42,46)/t30-,34-,35-/m0/s1. The molecule has 0 aliphatic carbocycles. The van der Waals surface area contributed by atoms with Crippen LogP contribution in [0.25, 0.3) is 0 Å². The van der Waals surface area contributed by atoms with Gasteiger partial charge in [0.1, 0.15) is 6.61 Å². The molecule has 1 aliphatic heterocycles. The van der Waals surface area contributed by atoms with Gasteiger partial charge in [-0.2, -0.15) is 0 Å². The quantitative estimate of drug-likeness (QED) is 0.149. The van der Waals surface area contributed by atoms with Gasteiger partial charge < -0.3 is 19.4 Å². The smallest absolute Gasteiger partial charge is 0.310 e. The van der Waals surface area contributed by atoms with E-state index in [1.54, 1.807) is 11.8 Å². The molecular weight excluding hydrogens is 645 g/mol. The summed E-state index contributed by atoms with van der Waals surface area (Å²) in [7, 11) is -2.00. The van der Waals surface area contributed by atoms with Crippen LogP contribution in [0.1, 0.15) is 106 Å². The van der Waals surface area contributed by atoms with E-state index in [0.29, 0.717) is 17.7 Å². The number of hydrogen-bond donors (Lipinski definition) is 1. The Morgan fingerprint density at radius 1 is 0.940 bits per heavy atom. The Kier molecular flexibility index (Phi) is 14.0. The highest BCUT2D eigenvalue weighted by Crippen LogP contribution is 2.37. The molecule has 2 aromatic rings. The van der Waals surface area contributed by atoms with Crippen molar-refractivity contribution in [1.82, 2.24) is 10.2 Å². The predicted octanol–water partition coefficient (Wildman–Crippen LogP) is 8.03. The third-order valence-corrected chi connectivity index (χ3v) is 15.0. The summed E-state index contributed by atoms with van der Waals surface area (Å²) in [4.78, 5) is 54.4. The Morgan fingerprint density at radius 3 is 2.12 bits per heavy atom. The highest BCUT2D eigenvalue weighted by atomic mass is 28.4. The summed E-state index contributed by atoms with van der Waals surface area (Å²) in [6, 6.07) is 10.5. The van der Waals surface area contributed by atoms with Crippen molar-refractivity contribution in [2.24, 2.45) is 11.8 Å². The van der Waals surface area contributed by atoms with E-state index in [2.05, 4.69) is 39.2 Å². The minimum Gasteiger partial charge on any atom is -0.461 e. The Balaban J connectivity index is 1.63. The van der Waals surface area contributed by atoms with E-state index in [-0.39, 0.29) is 60.0 Å². The lowest BCUT2D eigenvalue weighted by Gasteiger charge is -2.38. The number of esters is 1. The maximum absolute atomic E-state index is 14.1. The van der Waals surface area contributed by atoms with Crippen molar-refractivity contribution < 1.29 is 28.3 Å². The molecule has 1 heterocycles. The van der Waals surface area contributed by atoms with Crippen molar-refractivity contribution >= 4 is 31.9 Å². The average Bonchev–Trinajstić information content (AvgIpc) is 3.40. The van der Waals surface area contributed by atoms with Crippen molar-refractivity contribution in [3.05, 3.63) is 81.6 Å². The number of benzene rings is 2. The Hall–Kier alpha value is -3.56. The number of rotatable bonds is 15. The van der Waals surface area contributed by atoms with Crippen molar-refractivity contribution in [3.63, 3.8) is 0 Å². The van der Waals surface area contributed by atoms with Gasteiger partial charge in [-0.1, -0.05) is 77.4 Å². The Morgan fingerprint density at radius 2 is 1.54 bits per heavy atom. The fourth-order valence-electron chi connectivity index (χ4n) is 5.95. The summed E-state index contributed by atoms with van der Waals surface area (Å²) in [5, 5.41) is 2.94. The van der Waals surface area contributed by atoms with Crippen molar-refractivity contribution in [2.75, 3.05) is 6.61 Å². The number of carbonyl (C=O) groups is 4.